The number of benzene rings is 2. The van der Waals surface area contributed by atoms with Gasteiger partial charge in [0, 0.05) is 106 Å². The van der Waals surface area contributed by atoms with Crippen molar-refractivity contribution in [2.24, 2.45) is 7.05 Å². The average Bonchev–Trinajstić information content (AvgIpc) is 3.99. The van der Waals surface area contributed by atoms with Gasteiger partial charge in [-0.25, -0.2) is 13.6 Å². The number of fused-ring (bicyclic) bond motifs is 3. The zero-order valence-corrected chi connectivity index (χ0v) is 36.6. The number of hydrogen-bond donors (Lipinski definition) is 3. The van der Waals surface area contributed by atoms with E-state index in [0.29, 0.717) is 99.7 Å². The molecule has 5 aliphatic heterocycles. The highest BCUT2D eigenvalue weighted by Gasteiger charge is 2.45. The summed E-state index contributed by atoms with van der Waals surface area (Å²) in [5, 5.41) is 17.7. The average molecular weight is 894 g/mol. The number of likely N-dealkylation sites (tertiary alicyclic amines) is 1. The van der Waals surface area contributed by atoms with E-state index in [2.05, 4.69) is 30.6 Å². The minimum absolute atomic E-state index is 0.0288. The molecular formula is C46H53F2N11O6. The number of carbonyl (C=O) groups is 6. The van der Waals surface area contributed by atoms with Gasteiger partial charge in [-0.3, -0.25) is 43.6 Å². The maximum Gasteiger partial charge on any atom is 0.317 e. The molecule has 4 aromatic rings. The van der Waals surface area contributed by atoms with Gasteiger partial charge in [0.05, 0.1) is 29.9 Å². The van der Waals surface area contributed by atoms with Crippen LogP contribution in [0.2, 0.25) is 0 Å². The van der Waals surface area contributed by atoms with Gasteiger partial charge >= 0.3 is 6.03 Å². The highest BCUT2D eigenvalue weighted by Crippen LogP contribution is 2.44. The predicted octanol–water partition coefficient (Wildman–Crippen LogP) is 5.24. The van der Waals surface area contributed by atoms with Crippen LogP contribution in [0.4, 0.5) is 30.8 Å². The van der Waals surface area contributed by atoms with Crippen LogP contribution >= 0.6 is 0 Å². The van der Waals surface area contributed by atoms with Gasteiger partial charge in [0.1, 0.15) is 6.04 Å². The van der Waals surface area contributed by atoms with Crippen LogP contribution < -0.4 is 20.9 Å². The molecule has 0 saturated carbocycles. The molecular weight excluding hydrogens is 841 g/mol. The van der Waals surface area contributed by atoms with Crippen LogP contribution in [0.25, 0.3) is 11.1 Å². The van der Waals surface area contributed by atoms with Crippen molar-refractivity contribution in [3.05, 3.63) is 76.2 Å². The molecule has 7 amide bonds. The second-order valence-electron chi connectivity index (χ2n) is 17.5. The van der Waals surface area contributed by atoms with E-state index in [1.807, 2.05) is 11.0 Å². The number of urea groups is 1. The van der Waals surface area contributed by atoms with E-state index >= 15 is 0 Å². The lowest BCUT2D eigenvalue weighted by Crippen LogP contribution is -2.54. The van der Waals surface area contributed by atoms with Gasteiger partial charge in [-0.15, -0.1) is 0 Å². The predicted molar refractivity (Wildman–Crippen MR) is 235 cm³/mol. The Hall–Kier alpha value is -6.66. The first-order chi connectivity index (χ1) is 31.4. The van der Waals surface area contributed by atoms with Gasteiger partial charge in [0.2, 0.25) is 17.7 Å². The number of unbranched alkanes of at least 4 members (excludes halogenated alkanes) is 2. The number of halogens is 2. The Morgan fingerprint density at radius 1 is 0.892 bits per heavy atom. The van der Waals surface area contributed by atoms with E-state index in [-0.39, 0.29) is 47.5 Å². The van der Waals surface area contributed by atoms with Crippen molar-refractivity contribution in [3.8, 4) is 11.1 Å². The number of imide groups is 2. The number of hydrogen-bond acceptors (Lipinski definition) is 10. The quantitative estimate of drug-likeness (QED) is 0.126. The molecule has 3 N–H and O–H groups in total. The SMILES string of the molecule is CNC(=O)N1CCc2c(c(N3CCCc4cc(-c5cnn(C)c5)c(C(F)F)cc43)nn2C2CCN(C(=O)CCCCCNc3ccc4c(c3)C(=O)N(C3CCC(=O)NC3=O)C4=O)CC2)C1. The van der Waals surface area contributed by atoms with Gasteiger partial charge in [-0.05, 0) is 86.4 Å². The van der Waals surface area contributed by atoms with Gasteiger partial charge in [-0.1, -0.05) is 6.42 Å². The van der Waals surface area contributed by atoms with Gasteiger partial charge < -0.3 is 25.3 Å². The first-order valence-corrected chi connectivity index (χ1v) is 22.6. The number of nitrogens with zero attached hydrogens (tertiary/aromatic N) is 8. The van der Waals surface area contributed by atoms with Crippen molar-refractivity contribution in [2.45, 2.75) is 95.7 Å². The number of anilines is 3. The number of aryl methyl sites for hydroxylation is 2. The molecule has 7 heterocycles. The van der Waals surface area contributed by atoms with E-state index in [1.54, 1.807) is 60.3 Å². The van der Waals surface area contributed by atoms with E-state index in [1.165, 1.54) is 0 Å². The third-order valence-electron chi connectivity index (χ3n) is 13.4. The fourth-order valence-corrected chi connectivity index (χ4v) is 10.0. The lowest BCUT2D eigenvalue weighted by Gasteiger charge is -2.34. The minimum Gasteiger partial charge on any atom is -0.385 e. The van der Waals surface area contributed by atoms with E-state index in [4.69, 9.17) is 5.10 Å². The normalized spacial score (nSPS) is 18.8. The van der Waals surface area contributed by atoms with Crippen LogP contribution in [0.1, 0.15) is 113 Å². The summed E-state index contributed by atoms with van der Waals surface area (Å²) in [6.45, 7) is 3.22. The number of alkyl halides is 2. The Balaban J connectivity index is 0.807. The number of piperidine rings is 2. The van der Waals surface area contributed by atoms with Crippen molar-refractivity contribution >= 4 is 52.8 Å². The van der Waals surface area contributed by atoms with Gasteiger partial charge in [0.25, 0.3) is 18.2 Å². The van der Waals surface area contributed by atoms with Crippen molar-refractivity contribution < 1.29 is 37.5 Å². The van der Waals surface area contributed by atoms with Gasteiger partial charge in [0.15, 0.2) is 5.82 Å². The molecule has 1 unspecified atom stereocenters. The molecule has 2 fully saturated rings. The fraction of sp³-hybridized carbons (Fsp3) is 0.478. The summed E-state index contributed by atoms with van der Waals surface area (Å²) in [5.41, 5.74) is 5.79. The second kappa shape index (κ2) is 18.1. The molecule has 0 spiro atoms. The van der Waals surface area contributed by atoms with Crippen molar-refractivity contribution in [1.29, 1.82) is 0 Å². The first kappa shape index (κ1) is 43.6. The first-order valence-electron chi connectivity index (χ1n) is 22.6. The Kier molecular flexibility index (Phi) is 12.1. The van der Waals surface area contributed by atoms with Crippen LogP contribution in [-0.2, 0) is 40.8 Å². The topological polar surface area (TPSA) is 187 Å². The summed E-state index contributed by atoms with van der Waals surface area (Å²) in [4.78, 5) is 83.1. The standard InChI is InChI=1S/C46H53F2N11O6/c1-49-46(65)56-20-15-36-35(26-56)42(57-17-6-7-27-21-32(28-24-51-54(2)25-28)33(41(47)48)23-38(27)57)53-59(36)30-13-18-55(19-14-30)40(61)8-4-3-5-16-50-29-9-10-31-34(22-29)45(64)58(44(31)63)37-11-12-39(60)52-43(37)62/h9-10,21-25,30,37,41,50H,3-8,11-20,26H2,1-2H3,(H,49,65)(H,52,60,62). The minimum atomic E-state index is -2.70. The Morgan fingerprint density at radius 2 is 1.69 bits per heavy atom. The van der Waals surface area contributed by atoms with Gasteiger partial charge in [-0.2, -0.15) is 10.2 Å². The molecule has 0 bridgehead atoms. The number of aromatic nitrogens is 4. The summed E-state index contributed by atoms with van der Waals surface area (Å²) in [5.74, 6) is -1.38. The number of rotatable bonds is 12. The number of nitrogens with one attached hydrogen (secondary N) is 3. The zero-order valence-electron chi connectivity index (χ0n) is 36.6. The molecule has 1 atom stereocenters. The molecule has 2 saturated heterocycles. The van der Waals surface area contributed by atoms with Crippen LogP contribution in [0, 0.1) is 0 Å². The third kappa shape index (κ3) is 8.43. The summed E-state index contributed by atoms with van der Waals surface area (Å²) >= 11 is 0. The van der Waals surface area contributed by atoms with E-state index < -0.39 is 36.1 Å². The maximum atomic E-state index is 14.7. The summed E-state index contributed by atoms with van der Waals surface area (Å²) in [6.07, 6.45) is 7.09. The smallest absolute Gasteiger partial charge is 0.317 e. The maximum absolute atomic E-state index is 14.7. The highest BCUT2D eigenvalue weighted by atomic mass is 19.3. The Bertz CT molecular complexity index is 2560. The Morgan fingerprint density at radius 3 is 2.43 bits per heavy atom. The van der Waals surface area contributed by atoms with Crippen LogP contribution in [0.15, 0.2) is 42.7 Å². The van der Waals surface area contributed by atoms with Crippen LogP contribution in [0.3, 0.4) is 0 Å². The molecule has 342 valence electrons. The summed E-state index contributed by atoms with van der Waals surface area (Å²) in [6, 6.07) is 7.22. The van der Waals surface area contributed by atoms with Crippen molar-refractivity contribution in [2.75, 3.05) is 50.0 Å². The molecule has 0 radical (unpaired) electrons. The molecule has 5 aliphatic rings. The van der Waals surface area contributed by atoms with E-state index in [9.17, 15) is 37.5 Å². The molecule has 2 aromatic heterocycles. The fourth-order valence-electron chi connectivity index (χ4n) is 10.0. The number of carbonyl (C=O) groups excluding carboxylic acids is 6. The van der Waals surface area contributed by atoms with E-state index in [0.717, 1.165) is 47.4 Å². The van der Waals surface area contributed by atoms with Crippen molar-refractivity contribution in [3.63, 3.8) is 0 Å². The van der Waals surface area contributed by atoms with Crippen molar-refractivity contribution in [1.82, 2.24) is 44.9 Å². The Labute approximate surface area is 374 Å². The lowest BCUT2D eigenvalue weighted by atomic mass is 9.92. The monoisotopic (exact) mass is 893 g/mol. The molecule has 65 heavy (non-hydrogen) atoms. The summed E-state index contributed by atoms with van der Waals surface area (Å²) in [7, 11) is 3.37. The molecule has 17 nitrogen and oxygen atoms in total. The highest BCUT2D eigenvalue weighted by molar-refractivity contribution is 6.23. The zero-order chi connectivity index (χ0) is 45.5. The van der Waals surface area contributed by atoms with Crippen LogP contribution in [0.5, 0.6) is 0 Å². The second-order valence-corrected chi connectivity index (χ2v) is 17.5. The summed E-state index contributed by atoms with van der Waals surface area (Å²) < 4.78 is 33.1. The molecule has 2 aromatic carbocycles. The molecule has 9 rings (SSSR count). The molecule has 19 heteroatoms. The molecule has 0 aliphatic carbocycles. The largest absolute Gasteiger partial charge is 0.385 e. The number of amides is 7. The van der Waals surface area contributed by atoms with Crippen LogP contribution in [-0.4, -0.2) is 116 Å². The lowest BCUT2D eigenvalue weighted by molar-refractivity contribution is -0.136. The third-order valence-corrected chi connectivity index (χ3v) is 13.4.